The number of nitrogens with two attached hydrogens (primary N) is 1. The molecular formula is C12H25NO4. The van der Waals surface area contributed by atoms with Gasteiger partial charge in [0, 0.05) is 26.9 Å². The molecule has 0 saturated carbocycles. The minimum absolute atomic E-state index is 0.362. The molecule has 0 heterocycles. The molecule has 1 unspecified atom stereocenters. The molecule has 2 N–H and O–H groups in total. The molecule has 0 fully saturated rings. The minimum Gasteiger partial charge on any atom is -0.468 e. The largest absolute Gasteiger partial charge is 0.468 e. The first-order valence-corrected chi connectivity index (χ1v) is 5.98. The zero-order valence-electron chi connectivity index (χ0n) is 11.2. The highest BCUT2D eigenvalue weighted by molar-refractivity contribution is 5.79. The maximum atomic E-state index is 11.3. The van der Waals surface area contributed by atoms with Gasteiger partial charge in [0.15, 0.2) is 0 Å². The third kappa shape index (κ3) is 8.12. The lowest BCUT2D eigenvalue weighted by atomic mass is 9.96. The van der Waals surface area contributed by atoms with Crippen LogP contribution in [-0.4, -0.2) is 45.5 Å². The lowest BCUT2D eigenvalue weighted by Crippen LogP contribution is -2.45. The van der Waals surface area contributed by atoms with Gasteiger partial charge >= 0.3 is 5.97 Å². The van der Waals surface area contributed by atoms with Crippen LogP contribution in [0.3, 0.4) is 0 Å². The van der Waals surface area contributed by atoms with Crippen LogP contribution in [0.4, 0.5) is 0 Å². The van der Waals surface area contributed by atoms with Crippen LogP contribution in [0.25, 0.3) is 0 Å². The number of carbonyl (C=O) groups excluding carboxylic acids is 1. The van der Waals surface area contributed by atoms with E-state index in [0.717, 1.165) is 25.9 Å². The van der Waals surface area contributed by atoms with Crippen LogP contribution in [0.5, 0.6) is 0 Å². The van der Waals surface area contributed by atoms with Gasteiger partial charge in [-0.05, 0) is 32.6 Å². The summed E-state index contributed by atoms with van der Waals surface area (Å²) >= 11 is 0. The van der Waals surface area contributed by atoms with Gasteiger partial charge in [-0.25, -0.2) is 0 Å². The number of ether oxygens (including phenoxy) is 3. The Morgan fingerprint density at radius 1 is 1.12 bits per heavy atom. The topological polar surface area (TPSA) is 70.8 Å². The Morgan fingerprint density at radius 2 is 1.76 bits per heavy atom. The summed E-state index contributed by atoms with van der Waals surface area (Å²) in [4.78, 5) is 11.3. The number of carbonyl (C=O) groups is 1. The number of hydrogen-bond donors (Lipinski definition) is 1. The molecule has 1 atom stereocenters. The monoisotopic (exact) mass is 247 g/mol. The molecule has 0 amide bonds. The lowest BCUT2D eigenvalue weighted by Gasteiger charge is -2.20. The highest BCUT2D eigenvalue weighted by Crippen LogP contribution is 2.12. The second kappa shape index (κ2) is 9.39. The first kappa shape index (κ1) is 16.4. The van der Waals surface area contributed by atoms with E-state index >= 15 is 0 Å². The fourth-order valence-electron chi connectivity index (χ4n) is 1.44. The summed E-state index contributed by atoms with van der Waals surface area (Å²) in [5, 5.41) is 0. The molecule has 0 saturated heterocycles. The molecule has 0 aliphatic rings. The summed E-state index contributed by atoms with van der Waals surface area (Å²) in [5.41, 5.74) is 4.94. The van der Waals surface area contributed by atoms with Crippen molar-refractivity contribution in [1.29, 1.82) is 0 Å². The van der Waals surface area contributed by atoms with E-state index < -0.39 is 5.54 Å². The molecule has 0 spiro atoms. The van der Waals surface area contributed by atoms with Gasteiger partial charge in [-0.2, -0.15) is 0 Å². The highest BCUT2D eigenvalue weighted by Gasteiger charge is 2.28. The van der Waals surface area contributed by atoms with Crippen molar-refractivity contribution in [3.05, 3.63) is 0 Å². The molecule has 0 aliphatic heterocycles. The maximum Gasteiger partial charge on any atom is 0.325 e. The molecule has 0 aliphatic carbocycles. The lowest BCUT2D eigenvalue weighted by molar-refractivity contribution is -0.146. The highest BCUT2D eigenvalue weighted by atomic mass is 16.5. The first-order valence-electron chi connectivity index (χ1n) is 5.98. The van der Waals surface area contributed by atoms with Crippen LogP contribution in [-0.2, 0) is 19.0 Å². The van der Waals surface area contributed by atoms with E-state index in [1.54, 1.807) is 14.0 Å². The summed E-state index contributed by atoms with van der Waals surface area (Å²) in [6.45, 7) is 3.83. The molecule has 102 valence electrons. The molecule has 0 radical (unpaired) electrons. The van der Waals surface area contributed by atoms with Crippen molar-refractivity contribution in [2.24, 2.45) is 5.73 Å². The van der Waals surface area contributed by atoms with Crippen molar-refractivity contribution in [1.82, 2.24) is 0 Å². The van der Waals surface area contributed by atoms with E-state index in [9.17, 15) is 4.79 Å². The van der Waals surface area contributed by atoms with E-state index in [4.69, 9.17) is 15.2 Å². The number of esters is 1. The Bertz CT molecular complexity index is 207. The maximum absolute atomic E-state index is 11.3. The van der Waals surface area contributed by atoms with Gasteiger partial charge in [0.05, 0.1) is 7.11 Å². The van der Waals surface area contributed by atoms with Crippen molar-refractivity contribution in [2.45, 2.75) is 38.1 Å². The van der Waals surface area contributed by atoms with Gasteiger partial charge in [-0.3, -0.25) is 4.79 Å². The molecule has 0 rings (SSSR count). The van der Waals surface area contributed by atoms with Crippen LogP contribution in [0.2, 0.25) is 0 Å². The molecule has 17 heavy (non-hydrogen) atoms. The van der Waals surface area contributed by atoms with Gasteiger partial charge < -0.3 is 19.9 Å². The summed E-state index contributed by atoms with van der Waals surface area (Å²) in [5.74, 6) is -0.362. The Hall–Kier alpha value is -0.650. The van der Waals surface area contributed by atoms with Crippen LogP contribution in [0.15, 0.2) is 0 Å². The van der Waals surface area contributed by atoms with Crippen LogP contribution in [0, 0.1) is 0 Å². The van der Waals surface area contributed by atoms with Gasteiger partial charge in [0.2, 0.25) is 0 Å². The Kier molecular flexibility index (Phi) is 9.03. The van der Waals surface area contributed by atoms with Crippen molar-refractivity contribution < 1.29 is 19.0 Å². The number of unbranched alkanes of at least 4 members (excludes halogenated alkanes) is 1. The summed E-state index contributed by atoms with van der Waals surface area (Å²) in [6, 6.07) is 0. The van der Waals surface area contributed by atoms with Gasteiger partial charge in [-0.15, -0.1) is 0 Å². The molecule has 0 aromatic carbocycles. The van der Waals surface area contributed by atoms with E-state index in [1.807, 2.05) is 0 Å². The van der Waals surface area contributed by atoms with E-state index in [0.29, 0.717) is 19.6 Å². The molecular weight excluding hydrogens is 222 g/mol. The molecule has 0 aromatic rings. The van der Waals surface area contributed by atoms with Crippen molar-refractivity contribution in [3.8, 4) is 0 Å². The van der Waals surface area contributed by atoms with Crippen molar-refractivity contribution in [2.75, 3.05) is 34.0 Å². The SMILES string of the molecule is COCCCOCCCCC(C)(N)C(=O)OC. The third-order valence-electron chi connectivity index (χ3n) is 2.52. The second-order valence-electron chi connectivity index (χ2n) is 4.32. The van der Waals surface area contributed by atoms with E-state index in [2.05, 4.69) is 4.74 Å². The second-order valence-corrected chi connectivity index (χ2v) is 4.32. The number of methoxy groups -OCH3 is 2. The quantitative estimate of drug-likeness (QED) is 0.462. The van der Waals surface area contributed by atoms with Gasteiger partial charge in [0.25, 0.3) is 0 Å². The fourth-order valence-corrected chi connectivity index (χ4v) is 1.44. The first-order chi connectivity index (χ1) is 8.04. The molecule has 5 nitrogen and oxygen atoms in total. The molecule has 0 bridgehead atoms. The van der Waals surface area contributed by atoms with Crippen LogP contribution >= 0.6 is 0 Å². The number of hydrogen-bond acceptors (Lipinski definition) is 5. The average Bonchev–Trinajstić information content (AvgIpc) is 2.31. The Labute approximate surface area is 104 Å². The van der Waals surface area contributed by atoms with Gasteiger partial charge in [0.1, 0.15) is 5.54 Å². The van der Waals surface area contributed by atoms with Crippen molar-refractivity contribution in [3.63, 3.8) is 0 Å². The van der Waals surface area contributed by atoms with Gasteiger partial charge in [-0.1, -0.05) is 0 Å². The van der Waals surface area contributed by atoms with E-state index in [-0.39, 0.29) is 5.97 Å². The zero-order chi connectivity index (χ0) is 13.1. The standard InChI is InChI=1S/C12H25NO4/c1-12(13,11(14)16-3)7-4-5-9-17-10-6-8-15-2/h4-10,13H2,1-3H3. The normalized spacial score (nSPS) is 14.4. The summed E-state index contributed by atoms with van der Waals surface area (Å²) in [7, 11) is 3.03. The summed E-state index contributed by atoms with van der Waals surface area (Å²) in [6.07, 6.45) is 3.28. The van der Waals surface area contributed by atoms with E-state index in [1.165, 1.54) is 7.11 Å². The number of rotatable bonds is 10. The van der Waals surface area contributed by atoms with Crippen molar-refractivity contribution >= 4 is 5.97 Å². The predicted octanol–water partition coefficient (Wildman–Crippen LogP) is 1.10. The minimum atomic E-state index is -0.884. The summed E-state index contributed by atoms with van der Waals surface area (Å²) < 4.78 is 14.9. The fraction of sp³-hybridized carbons (Fsp3) is 0.917. The Morgan fingerprint density at radius 3 is 2.35 bits per heavy atom. The smallest absolute Gasteiger partial charge is 0.325 e. The molecule has 0 aromatic heterocycles. The molecule has 5 heteroatoms. The van der Waals surface area contributed by atoms with Crippen LogP contribution < -0.4 is 5.73 Å². The third-order valence-corrected chi connectivity index (χ3v) is 2.52. The zero-order valence-corrected chi connectivity index (χ0v) is 11.2. The van der Waals surface area contributed by atoms with Crippen LogP contribution in [0.1, 0.15) is 32.6 Å². The Balaban J connectivity index is 3.42. The predicted molar refractivity (Wildman–Crippen MR) is 65.8 cm³/mol. The average molecular weight is 247 g/mol.